The Morgan fingerprint density at radius 3 is 2.29 bits per heavy atom. The zero-order chi connectivity index (χ0) is 11.0. The fourth-order valence-corrected chi connectivity index (χ4v) is 1.06. The van der Waals surface area contributed by atoms with Crippen LogP contribution in [0.25, 0.3) is 0 Å². The molecule has 0 saturated heterocycles. The van der Waals surface area contributed by atoms with Gasteiger partial charge in [0.25, 0.3) is 0 Å². The Balaban J connectivity index is 3.32. The van der Waals surface area contributed by atoms with Crippen LogP contribution in [0.15, 0.2) is 0 Å². The molecule has 1 unspecified atom stereocenters. The Bertz CT molecular complexity index is 127. The van der Waals surface area contributed by atoms with E-state index in [0.29, 0.717) is 0 Å². The number of unbranched alkanes of at least 4 members (excludes halogenated alkanes) is 3. The van der Waals surface area contributed by atoms with Crippen LogP contribution in [0.1, 0.15) is 59.8 Å². The van der Waals surface area contributed by atoms with Crippen molar-refractivity contribution < 1.29 is 9.78 Å². The Hall–Kier alpha value is -0.0800. The molecule has 2 heteroatoms. The van der Waals surface area contributed by atoms with Gasteiger partial charge in [0.15, 0.2) is 0 Å². The highest BCUT2D eigenvalue weighted by molar-refractivity contribution is 4.60. The number of hydrogen-bond donors (Lipinski definition) is 0. The molecule has 2 nitrogen and oxygen atoms in total. The molecule has 0 aliphatic heterocycles. The third-order valence-electron chi connectivity index (χ3n) is 1.81. The molecular weight excluding hydrogens is 176 g/mol. The molecule has 14 heavy (non-hydrogen) atoms. The van der Waals surface area contributed by atoms with E-state index >= 15 is 0 Å². The van der Waals surface area contributed by atoms with Crippen molar-refractivity contribution in [1.29, 1.82) is 0 Å². The Morgan fingerprint density at radius 2 is 1.79 bits per heavy atom. The summed E-state index contributed by atoms with van der Waals surface area (Å²) in [5, 5.41) is 0. The summed E-state index contributed by atoms with van der Waals surface area (Å²) in [7, 11) is 0. The zero-order valence-corrected chi connectivity index (χ0v) is 10.1. The van der Waals surface area contributed by atoms with Crippen LogP contribution in [0.5, 0.6) is 0 Å². The van der Waals surface area contributed by atoms with Crippen molar-refractivity contribution in [3.63, 3.8) is 0 Å². The molecule has 0 aromatic carbocycles. The van der Waals surface area contributed by atoms with E-state index in [1.54, 1.807) is 0 Å². The number of rotatable bonds is 7. The second-order valence-electron chi connectivity index (χ2n) is 4.76. The molecule has 0 aliphatic rings. The van der Waals surface area contributed by atoms with E-state index in [2.05, 4.69) is 13.8 Å². The minimum absolute atomic E-state index is 0.0360. The second kappa shape index (κ2) is 7.24. The maximum Gasteiger partial charge on any atom is 0.0952 e. The maximum absolute atomic E-state index is 5.19. The summed E-state index contributed by atoms with van der Waals surface area (Å²) in [6.07, 6.45) is 5.95. The third kappa shape index (κ3) is 10.0. The van der Waals surface area contributed by atoms with Crippen molar-refractivity contribution in [2.24, 2.45) is 0 Å². The fourth-order valence-electron chi connectivity index (χ4n) is 1.06. The second-order valence-corrected chi connectivity index (χ2v) is 4.76. The van der Waals surface area contributed by atoms with Crippen molar-refractivity contribution >= 4 is 0 Å². The van der Waals surface area contributed by atoms with Crippen LogP contribution in [0.4, 0.5) is 0 Å². The molecule has 0 rings (SSSR count). The van der Waals surface area contributed by atoms with Gasteiger partial charge in [-0.25, -0.2) is 9.78 Å². The molecule has 0 amide bonds. The van der Waals surface area contributed by atoms with Gasteiger partial charge in [0.05, 0.1) is 11.7 Å². The molecule has 0 saturated carbocycles. The summed E-state index contributed by atoms with van der Waals surface area (Å²) in [4.78, 5) is 10.4. The van der Waals surface area contributed by atoms with Crippen LogP contribution in [-0.2, 0) is 9.78 Å². The molecule has 0 bridgehead atoms. The lowest BCUT2D eigenvalue weighted by Crippen LogP contribution is -2.23. The van der Waals surface area contributed by atoms with Crippen LogP contribution in [0.2, 0.25) is 0 Å². The normalized spacial score (nSPS) is 14.4. The third-order valence-corrected chi connectivity index (χ3v) is 1.81. The average molecular weight is 201 g/mol. The Morgan fingerprint density at radius 1 is 1.14 bits per heavy atom. The minimum atomic E-state index is -0.237. The van der Waals surface area contributed by atoms with Crippen molar-refractivity contribution in [1.82, 2.24) is 0 Å². The highest BCUT2D eigenvalue weighted by Gasteiger charge is 2.13. The largest absolute Gasteiger partial charge is 0.233 e. The predicted molar refractivity (Wildman–Crippen MR) is 59.8 cm³/mol. The van der Waals surface area contributed by atoms with Crippen LogP contribution in [-0.4, -0.2) is 11.7 Å². The van der Waals surface area contributed by atoms with E-state index in [-0.39, 0.29) is 11.7 Å². The van der Waals surface area contributed by atoms with Crippen molar-refractivity contribution in [3.05, 3.63) is 6.92 Å². The summed E-state index contributed by atoms with van der Waals surface area (Å²) in [5.41, 5.74) is -0.237. The molecule has 0 aromatic heterocycles. The summed E-state index contributed by atoms with van der Waals surface area (Å²) in [5.74, 6) is 0. The van der Waals surface area contributed by atoms with Gasteiger partial charge in [-0.3, -0.25) is 0 Å². The van der Waals surface area contributed by atoms with Crippen molar-refractivity contribution in [2.45, 2.75) is 71.5 Å². The molecule has 0 aromatic rings. The molecule has 0 aliphatic carbocycles. The van der Waals surface area contributed by atoms with E-state index in [1.165, 1.54) is 25.7 Å². The summed E-state index contributed by atoms with van der Waals surface area (Å²) >= 11 is 0. The fraction of sp³-hybridized carbons (Fsp3) is 0.917. The van der Waals surface area contributed by atoms with E-state index in [0.717, 1.165) is 6.42 Å². The van der Waals surface area contributed by atoms with Gasteiger partial charge in [0.2, 0.25) is 0 Å². The highest BCUT2D eigenvalue weighted by atomic mass is 17.2. The van der Waals surface area contributed by atoms with Gasteiger partial charge < -0.3 is 0 Å². The maximum atomic E-state index is 5.19. The highest BCUT2D eigenvalue weighted by Crippen LogP contribution is 2.12. The lowest BCUT2D eigenvalue weighted by atomic mass is 10.1. The summed E-state index contributed by atoms with van der Waals surface area (Å²) in [6.45, 7) is 12.0. The predicted octanol–water partition coefficient (Wildman–Crippen LogP) is 3.91. The van der Waals surface area contributed by atoms with Gasteiger partial charge in [0.1, 0.15) is 0 Å². The zero-order valence-electron chi connectivity index (χ0n) is 10.1. The average Bonchev–Trinajstić information content (AvgIpc) is 2.08. The first-order chi connectivity index (χ1) is 6.45. The van der Waals surface area contributed by atoms with E-state index in [9.17, 15) is 0 Å². The van der Waals surface area contributed by atoms with E-state index in [4.69, 9.17) is 9.78 Å². The van der Waals surface area contributed by atoms with Crippen LogP contribution < -0.4 is 0 Å². The van der Waals surface area contributed by atoms with Gasteiger partial charge in [-0.15, -0.1) is 0 Å². The molecule has 0 N–H and O–H groups in total. The number of hydrogen-bond acceptors (Lipinski definition) is 2. The standard InChI is InChI=1S/C12H25O2/c1-6-7-8-9-10-11(2)13-14-12(3,4)5/h11H,2,6-10H2,1,3-5H3. The molecule has 85 valence electrons. The molecule has 0 heterocycles. The van der Waals surface area contributed by atoms with Gasteiger partial charge >= 0.3 is 0 Å². The van der Waals surface area contributed by atoms with Gasteiger partial charge in [-0.2, -0.15) is 0 Å². The van der Waals surface area contributed by atoms with Crippen molar-refractivity contribution in [3.8, 4) is 0 Å². The van der Waals surface area contributed by atoms with Gasteiger partial charge in [-0.1, -0.05) is 32.6 Å². The first-order valence-corrected chi connectivity index (χ1v) is 5.63. The lowest BCUT2D eigenvalue weighted by molar-refractivity contribution is -0.366. The van der Waals surface area contributed by atoms with E-state index < -0.39 is 0 Å². The smallest absolute Gasteiger partial charge is 0.0952 e. The Kier molecular flexibility index (Phi) is 7.20. The quantitative estimate of drug-likeness (QED) is 0.353. The van der Waals surface area contributed by atoms with Gasteiger partial charge in [0, 0.05) is 0 Å². The monoisotopic (exact) mass is 201 g/mol. The first kappa shape index (κ1) is 13.9. The molecule has 0 spiro atoms. The van der Waals surface area contributed by atoms with Crippen molar-refractivity contribution in [2.75, 3.05) is 0 Å². The Labute approximate surface area is 88.9 Å². The van der Waals surface area contributed by atoms with Crippen LogP contribution in [0.3, 0.4) is 0 Å². The molecule has 0 fully saturated rings. The van der Waals surface area contributed by atoms with E-state index in [1.807, 2.05) is 20.8 Å². The molecule has 1 radical (unpaired) electrons. The SMILES string of the molecule is [CH2]C(CCCCCC)OOC(C)(C)C. The minimum Gasteiger partial charge on any atom is -0.233 e. The summed E-state index contributed by atoms with van der Waals surface area (Å²) < 4.78 is 0. The first-order valence-electron chi connectivity index (χ1n) is 5.63. The van der Waals surface area contributed by atoms with Crippen LogP contribution >= 0.6 is 0 Å². The topological polar surface area (TPSA) is 18.5 Å². The summed E-state index contributed by atoms with van der Waals surface area (Å²) in [6, 6.07) is 0. The van der Waals surface area contributed by atoms with Gasteiger partial charge in [-0.05, 0) is 34.1 Å². The molecule has 1 atom stereocenters. The molecular formula is C12H25O2. The van der Waals surface area contributed by atoms with Crippen LogP contribution in [0, 0.1) is 6.92 Å². The lowest BCUT2D eigenvalue weighted by Gasteiger charge is -2.20.